The monoisotopic (exact) mass is 341 g/mol. The van der Waals surface area contributed by atoms with Crippen LogP contribution in [-0.4, -0.2) is 30.7 Å². The molecule has 124 valence electrons. The Labute approximate surface area is 144 Å². The molecule has 0 aliphatic rings. The Morgan fingerprint density at radius 2 is 2.12 bits per heavy atom. The minimum absolute atomic E-state index is 0.00784. The number of thioether (sulfide) groups is 1. The van der Waals surface area contributed by atoms with Crippen molar-refractivity contribution in [3.05, 3.63) is 54.5 Å². The molecule has 0 unspecified atom stereocenters. The Hall–Kier alpha value is -2.41. The van der Waals surface area contributed by atoms with Gasteiger partial charge < -0.3 is 5.32 Å². The lowest BCUT2D eigenvalue weighted by molar-refractivity contribution is -0.121. The number of carbonyl (C=O) groups excluding carboxylic acids is 1. The molecule has 0 spiro atoms. The van der Waals surface area contributed by atoms with Crippen molar-refractivity contribution in [3.8, 4) is 0 Å². The molecule has 1 N–H and O–H groups in total. The van der Waals surface area contributed by atoms with Crippen molar-refractivity contribution < 1.29 is 4.79 Å². The van der Waals surface area contributed by atoms with Gasteiger partial charge in [0.15, 0.2) is 10.8 Å². The third-order valence-electron chi connectivity index (χ3n) is 3.57. The van der Waals surface area contributed by atoms with Crippen LogP contribution in [0.25, 0.3) is 5.65 Å². The third kappa shape index (κ3) is 3.73. The molecule has 24 heavy (non-hydrogen) atoms. The van der Waals surface area contributed by atoms with Crippen LogP contribution in [-0.2, 0) is 11.3 Å². The maximum absolute atomic E-state index is 12.6. The standard InChI is InChI=1S/C17H19N5OS/c1-12(2)15(16(23)19-11-13-6-5-8-18-10-13)24-17-21-20-14-7-3-4-9-22(14)17/h3-10,12,15H,11H2,1-2H3,(H,19,23)/t15-/m0/s1. The summed E-state index contributed by atoms with van der Waals surface area (Å²) in [6.45, 7) is 4.53. The molecule has 0 fully saturated rings. The molecule has 1 atom stereocenters. The van der Waals surface area contributed by atoms with E-state index in [1.807, 2.05) is 54.8 Å². The lowest BCUT2D eigenvalue weighted by Crippen LogP contribution is -2.35. The van der Waals surface area contributed by atoms with E-state index in [9.17, 15) is 4.79 Å². The van der Waals surface area contributed by atoms with Crippen molar-refractivity contribution in [2.75, 3.05) is 0 Å². The fraction of sp³-hybridized carbons (Fsp3) is 0.294. The Morgan fingerprint density at radius 1 is 1.25 bits per heavy atom. The molecule has 0 aliphatic carbocycles. The van der Waals surface area contributed by atoms with Crippen LogP contribution < -0.4 is 5.32 Å². The maximum atomic E-state index is 12.6. The summed E-state index contributed by atoms with van der Waals surface area (Å²) in [7, 11) is 0. The molecule has 3 aromatic heterocycles. The third-order valence-corrected chi connectivity index (χ3v) is 5.07. The zero-order valence-electron chi connectivity index (χ0n) is 13.6. The van der Waals surface area contributed by atoms with Crippen molar-refractivity contribution in [1.29, 1.82) is 0 Å². The van der Waals surface area contributed by atoms with Crippen molar-refractivity contribution in [2.24, 2.45) is 5.92 Å². The lowest BCUT2D eigenvalue weighted by atomic mass is 10.1. The predicted octanol–water partition coefficient (Wildman–Crippen LogP) is 2.56. The van der Waals surface area contributed by atoms with Gasteiger partial charge in [0, 0.05) is 25.1 Å². The summed E-state index contributed by atoms with van der Waals surface area (Å²) in [5, 5.41) is 11.8. The molecule has 0 aromatic carbocycles. The highest BCUT2D eigenvalue weighted by Gasteiger charge is 2.25. The molecule has 3 aromatic rings. The van der Waals surface area contributed by atoms with Gasteiger partial charge in [-0.1, -0.05) is 37.7 Å². The molecule has 0 radical (unpaired) electrons. The SMILES string of the molecule is CC(C)[C@H](Sc1nnc2ccccn12)C(=O)NCc1cccnc1. The number of pyridine rings is 2. The molecule has 3 rings (SSSR count). The summed E-state index contributed by atoms with van der Waals surface area (Å²) in [4.78, 5) is 16.7. The molecular formula is C17H19N5OS. The maximum Gasteiger partial charge on any atom is 0.234 e. The number of nitrogens with zero attached hydrogens (tertiary/aromatic N) is 4. The van der Waals surface area contributed by atoms with Gasteiger partial charge in [-0.2, -0.15) is 0 Å². The van der Waals surface area contributed by atoms with E-state index in [1.165, 1.54) is 11.8 Å². The topological polar surface area (TPSA) is 72.2 Å². The van der Waals surface area contributed by atoms with Gasteiger partial charge >= 0.3 is 0 Å². The zero-order chi connectivity index (χ0) is 16.9. The minimum Gasteiger partial charge on any atom is -0.351 e. The predicted molar refractivity (Wildman–Crippen MR) is 93.6 cm³/mol. The first-order valence-corrected chi connectivity index (χ1v) is 8.66. The molecule has 7 heteroatoms. The van der Waals surface area contributed by atoms with Crippen LogP contribution in [0.2, 0.25) is 0 Å². The van der Waals surface area contributed by atoms with Gasteiger partial charge in [-0.3, -0.25) is 14.2 Å². The van der Waals surface area contributed by atoms with Crippen LogP contribution in [0.1, 0.15) is 19.4 Å². The summed E-state index contributed by atoms with van der Waals surface area (Å²) in [5.41, 5.74) is 1.75. The Morgan fingerprint density at radius 3 is 2.88 bits per heavy atom. The molecule has 6 nitrogen and oxygen atoms in total. The van der Waals surface area contributed by atoms with E-state index in [1.54, 1.807) is 12.4 Å². The van der Waals surface area contributed by atoms with Gasteiger partial charge in [-0.05, 0) is 29.7 Å². The lowest BCUT2D eigenvalue weighted by Gasteiger charge is -2.18. The summed E-state index contributed by atoms with van der Waals surface area (Å²) >= 11 is 1.44. The van der Waals surface area contributed by atoms with E-state index in [4.69, 9.17) is 0 Å². The van der Waals surface area contributed by atoms with Crippen LogP contribution in [0.4, 0.5) is 0 Å². The number of aromatic nitrogens is 4. The average Bonchev–Trinajstić information content (AvgIpc) is 3.01. The van der Waals surface area contributed by atoms with Gasteiger partial charge in [0.2, 0.25) is 5.91 Å². The van der Waals surface area contributed by atoms with E-state index in [-0.39, 0.29) is 17.1 Å². The van der Waals surface area contributed by atoms with Crippen LogP contribution in [0, 0.1) is 5.92 Å². The van der Waals surface area contributed by atoms with Crippen molar-refractivity contribution >= 4 is 23.3 Å². The number of amides is 1. The number of rotatable bonds is 6. The van der Waals surface area contributed by atoms with E-state index < -0.39 is 0 Å². The smallest absolute Gasteiger partial charge is 0.234 e. The normalized spacial score (nSPS) is 12.5. The molecule has 0 bridgehead atoms. The fourth-order valence-electron chi connectivity index (χ4n) is 2.30. The first-order chi connectivity index (χ1) is 11.6. The summed E-state index contributed by atoms with van der Waals surface area (Å²) in [5.74, 6) is 0.159. The quantitative estimate of drug-likeness (QED) is 0.698. The highest BCUT2D eigenvalue weighted by molar-refractivity contribution is 8.00. The second-order valence-electron chi connectivity index (χ2n) is 5.77. The van der Waals surface area contributed by atoms with Crippen LogP contribution >= 0.6 is 11.8 Å². The summed E-state index contributed by atoms with van der Waals surface area (Å²) in [6, 6.07) is 9.53. The van der Waals surface area contributed by atoms with E-state index >= 15 is 0 Å². The second-order valence-corrected chi connectivity index (χ2v) is 6.88. The van der Waals surface area contributed by atoms with Crippen molar-refractivity contribution in [2.45, 2.75) is 30.8 Å². The average molecular weight is 341 g/mol. The number of hydrogen-bond donors (Lipinski definition) is 1. The number of nitrogens with one attached hydrogen (secondary N) is 1. The highest BCUT2D eigenvalue weighted by atomic mass is 32.2. The van der Waals surface area contributed by atoms with Crippen LogP contribution in [0.15, 0.2) is 54.1 Å². The minimum atomic E-state index is -0.241. The zero-order valence-corrected chi connectivity index (χ0v) is 14.4. The van der Waals surface area contributed by atoms with E-state index in [0.29, 0.717) is 6.54 Å². The van der Waals surface area contributed by atoms with Crippen LogP contribution in [0.3, 0.4) is 0 Å². The Balaban J connectivity index is 1.71. The highest BCUT2D eigenvalue weighted by Crippen LogP contribution is 2.27. The number of fused-ring (bicyclic) bond motifs is 1. The molecular weight excluding hydrogens is 322 g/mol. The van der Waals surface area contributed by atoms with Crippen molar-refractivity contribution in [3.63, 3.8) is 0 Å². The summed E-state index contributed by atoms with van der Waals surface area (Å²) in [6.07, 6.45) is 5.38. The van der Waals surface area contributed by atoms with Crippen molar-refractivity contribution in [1.82, 2.24) is 24.9 Å². The first kappa shape index (κ1) is 16.4. The van der Waals surface area contributed by atoms with E-state index in [0.717, 1.165) is 16.4 Å². The largest absolute Gasteiger partial charge is 0.351 e. The van der Waals surface area contributed by atoms with Gasteiger partial charge in [-0.25, -0.2) is 0 Å². The van der Waals surface area contributed by atoms with Gasteiger partial charge in [-0.15, -0.1) is 10.2 Å². The van der Waals surface area contributed by atoms with Gasteiger partial charge in [0.05, 0.1) is 5.25 Å². The number of hydrogen-bond acceptors (Lipinski definition) is 5. The molecule has 0 aliphatic heterocycles. The second kappa shape index (κ2) is 7.44. The van der Waals surface area contributed by atoms with E-state index in [2.05, 4.69) is 20.5 Å². The number of carbonyl (C=O) groups is 1. The first-order valence-electron chi connectivity index (χ1n) is 7.78. The Kier molecular flexibility index (Phi) is 5.10. The van der Waals surface area contributed by atoms with Crippen LogP contribution in [0.5, 0.6) is 0 Å². The molecule has 3 heterocycles. The Bertz CT molecular complexity index is 818. The molecule has 0 saturated carbocycles. The van der Waals surface area contributed by atoms with Gasteiger partial charge in [0.25, 0.3) is 0 Å². The van der Waals surface area contributed by atoms with Gasteiger partial charge in [0.1, 0.15) is 0 Å². The molecule has 1 amide bonds. The summed E-state index contributed by atoms with van der Waals surface area (Å²) < 4.78 is 1.90. The molecule has 0 saturated heterocycles. The fourth-order valence-corrected chi connectivity index (χ4v) is 3.34.